The van der Waals surface area contributed by atoms with Crippen molar-refractivity contribution in [3.05, 3.63) is 34.1 Å². The molecule has 0 saturated carbocycles. The first-order valence-corrected chi connectivity index (χ1v) is 6.12. The van der Waals surface area contributed by atoms with Crippen LogP contribution in [0.3, 0.4) is 0 Å². The van der Waals surface area contributed by atoms with Gasteiger partial charge in [0.05, 0.1) is 0 Å². The summed E-state index contributed by atoms with van der Waals surface area (Å²) in [5, 5.41) is 0. The van der Waals surface area contributed by atoms with Crippen LogP contribution in [0, 0.1) is 5.82 Å². The molecule has 90 valence electrons. The third-order valence-electron chi connectivity index (χ3n) is 2.72. The van der Waals surface area contributed by atoms with Crippen molar-refractivity contribution < 1.29 is 14.0 Å². The Morgan fingerprint density at radius 2 is 1.88 bits per heavy atom. The first-order chi connectivity index (χ1) is 8.06. The Kier molecular flexibility index (Phi) is 3.57. The van der Waals surface area contributed by atoms with Crippen molar-refractivity contribution in [2.75, 3.05) is 13.1 Å². The van der Waals surface area contributed by atoms with Gasteiger partial charge in [-0.15, -0.1) is 0 Å². The summed E-state index contributed by atoms with van der Waals surface area (Å²) >= 11 is 3.15. The van der Waals surface area contributed by atoms with Crippen molar-refractivity contribution in [3.63, 3.8) is 0 Å². The van der Waals surface area contributed by atoms with Gasteiger partial charge in [-0.25, -0.2) is 4.39 Å². The average molecular weight is 300 g/mol. The van der Waals surface area contributed by atoms with Gasteiger partial charge in [0.15, 0.2) is 0 Å². The second kappa shape index (κ2) is 4.96. The number of hydrogen-bond acceptors (Lipinski definition) is 2. The van der Waals surface area contributed by atoms with Crippen LogP contribution in [0.2, 0.25) is 0 Å². The fraction of sp³-hybridized carbons (Fsp3) is 0.333. The smallest absolute Gasteiger partial charge is 0.254 e. The van der Waals surface area contributed by atoms with E-state index >= 15 is 0 Å². The summed E-state index contributed by atoms with van der Waals surface area (Å²) in [5.41, 5.74) is 0.311. The van der Waals surface area contributed by atoms with E-state index in [4.69, 9.17) is 0 Å². The maximum Gasteiger partial charge on any atom is 0.254 e. The largest absolute Gasteiger partial charge is 0.338 e. The fourth-order valence-electron chi connectivity index (χ4n) is 1.82. The molecule has 0 atom stereocenters. The highest BCUT2D eigenvalue weighted by Crippen LogP contribution is 2.18. The van der Waals surface area contributed by atoms with E-state index < -0.39 is 5.82 Å². The number of benzene rings is 1. The molecule has 17 heavy (non-hydrogen) atoms. The second-order valence-corrected chi connectivity index (χ2v) is 4.90. The molecule has 1 heterocycles. The van der Waals surface area contributed by atoms with Gasteiger partial charge in [-0.05, 0) is 18.2 Å². The molecule has 1 fully saturated rings. The lowest BCUT2D eigenvalue weighted by atomic mass is 10.1. The molecular weight excluding hydrogens is 289 g/mol. The molecule has 0 bridgehead atoms. The van der Waals surface area contributed by atoms with Gasteiger partial charge in [-0.3, -0.25) is 9.59 Å². The van der Waals surface area contributed by atoms with Crippen LogP contribution in [-0.4, -0.2) is 29.7 Å². The Bertz CT molecular complexity index is 445. The first kappa shape index (κ1) is 12.2. The van der Waals surface area contributed by atoms with E-state index in [1.165, 1.54) is 12.1 Å². The van der Waals surface area contributed by atoms with Crippen LogP contribution in [0.4, 0.5) is 4.39 Å². The second-order valence-electron chi connectivity index (χ2n) is 3.99. The monoisotopic (exact) mass is 299 g/mol. The maximum absolute atomic E-state index is 13.2. The molecule has 1 amide bonds. The quantitative estimate of drug-likeness (QED) is 0.798. The minimum Gasteiger partial charge on any atom is -0.338 e. The Labute approximate surface area is 107 Å². The number of carbonyl (C=O) groups excluding carboxylic acids is 2. The lowest BCUT2D eigenvalue weighted by Gasteiger charge is -2.26. The van der Waals surface area contributed by atoms with Crippen LogP contribution < -0.4 is 0 Å². The Hall–Kier alpha value is -1.23. The highest BCUT2D eigenvalue weighted by atomic mass is 79.9. The molecule has 0 radical (unpaired) electrons. The molecule has 1 aromatic carbocycles. The average Bonchev–Trinajstić information content (AvgIpc) is 2.28. The van der Waals surface area contributed by atoms with Gasteiger partial charge in [-0.2, -0.15) is 0 Å². The summed E-state index contributed by atoms with van der Waals surface area (Å²) in [4.78, 5) is 24.7. The topological polar surface area (TPSA) is 37.4 Å². The summed E-state index contributed by atoms with van der Waals surface area (Å²) in [7, 11) is 0. The fourth-order valence-corrected chi connectivity index (χ4v) is 2.28. The molecule has 0 unspecified atom stereocenters. The minimum absolute atomic E-state index is 0.175. The lowest BCUT2D eigenvalue weighted by Crippen LogP contribution is -2.38. The molecule has 0 spiro atoms. The standard InChI is InChI=1S/C12H11BrFNO2/c13-9-5-8(6-10(14)7-9)12(17)15-3-1-11(16)2-4-15/h5-7H,1-4H2. The predicted octanol–water partition coefficient (Wildman–Crippen LogP) is 2.39. The van der Waals surface area contributed by atoms with Crippen molar-refractivity contribution in [3.8, 4) is 0 Å². The zero-order valence-electron chi connectivity index (χ0n) is 9.08. The highest BCUT2D eigenvalue weighted by Gasteiger charge is 2.22. The first-order valence-electron chi connectivity index (χ1n) is 5.33. The van der Waals surface area contributed by atoms with Crippen LogP contribution >= 0.6 is 15.9 Å². The predicted molar refractivity (Wildman–Crippen MR) is 64.2 cm³/mol. The molecule has 2 rings (SSSR count). The van der Waals surface area contributed by atoms with Crippen molar-refractivity contribution >= 4 is 27.6 Å². The number of Topliss-reactive ketones (excluding diaryl/α,β-unsaturated/α-hetero) is 1. The normalized spacial score (nSPS) is 16.1. The Morgan fingerprint density at radius 3 is 2.47 bits per heavy atom. The van der Waals surface area contributed by atoms with Crippen LogP contribution in [0.15, 0.2) is 22.7 Å². The van der Waals surface area contributed by atoms with Crippen molar-refractivity contribution in [1.29, 1.82) is 0 Å². The summed E-state index contributed by atoms with van der Waals surface area (Å²) in [6.45, 7) is 0.845. The third-order valence-corrected chi connectivity index (χ3v) is 3.18. The molecule has 1 saturated heterocycles. The van der Waals surface area contributed by atoms with Crippen LogP contribution in [0.5, 0.6) is 0 Å². The van der Waals surface area contributed by atoms with Gasteiger partial charge >= 0.3 is 0 Å². The zero-order valence-corrected chi connectivity index (χ0v) is 10.7. The number of hydrogen-bond donors (Lipinski definition) is 0. The van der Waals surface area contributed by atoms with Crippen molar-refractivity contribution in [2.45, 2.75) is 12.8 Å². The van der Waals surface area contributed by atoms with Gasteiger partial charge < -0.3 is 4.90 Å². The number of likely N-dealkylation sites (tertiary alicyclic amines) is 1. The molecule has 1 aliphatic rings. The molecule has 0 aromatic heterocycles. The Balaban J connectivity index is 2.16. The molecule has 1 aromatic rings. The van der Waals surface area contributed by atoms with Crippen LogP contribution in [-0.2, 0) is 4.79 Å². The number of carbonyl (C=O) groups is 2. The van der Waals surface area contributed by atoms with Gasteiger partial charge in [-0.1, -0.05) is 15.9 Å². The Morgan fingerprint density at radius 1 is 1.24 bits per heavy atom. The number of rotatable bonds is 1. The van der Waals surface area contributed by atoms with E-state index in [1.807, 2.05) is 0 Å². The SMILES string of the molecule is O=C1CCN(C(=O)c2cc(F)cc(Br)c2)CC1. The van der Waals surface area contributed by atoms with Crippen molar-refractivity contribution in [1.82, 2.24) is 4.90 Å². The highest BCUT2D eigenvalue weighted by molar-refractivity contribution is 9.10. The molecule has 0 aliphatic carbocycles. The summed E-state index contributed by atoms with van der Waals surface area (Å²) in [6, 6.07) is 4.10. The van der Waals surface area contributed by atoms with E-state index in [0.717, 1.165) is 0 Å². The van der Waals surface area contributed by atoms with Gasteiger partial charge in [0.1, 0.15) is 11.6 Å². The number of halogens is 2. The maximum atomic E-state index is 13.2. The molecule has 1 aliphatic heterocycles. The number of ketones is 1. The van der Waals surface area contributed by atoms with Crippen LogP contribution in [0.25, 0.3) is 0 Å². The summed E-state index contributed by atoms with van der Waals surface area (Å²) < 4.78 is 13.7. The molecular formula is C12H11BrFNO2. The number of piperidine rings is 1. The van der Waals surface area contributed by atoms with Gasteiger partial charge in [0.2, 0.25) is 0 Å². The molecule has 0 N–H and O–H groups in total. The van der Waals surface area contributed by atoms with Crippen LogP contribution in [0.1, 0.15) is 23.2 Å². The number of nitrogens with zero attached hydrogens (tertiary/aromatic N) is 1. The van der Waals surface area contributed by atoms with Gasteiger partial charge in [0, 0.05) is 36.0 Å². The van der Waals surface area contributed by atoms with E-state index in [9.17, 15) is 14.0 Å². The van der Waals surface area contributed by atoms with E-state index in [1.54, 1.807) is 11.0 Å². The van der Waals surface area contributed by atoms with Gasteiger partial charge in [0.25, 0.3) is 5.91 Å². The molecule has 3 nitrogen and oxygen atoms in total. The minimum atomic E-state index is -0.448. The number of amides is 1. The van der Waals surface area contributed by atoms with E-state index in [-0.39, 0.29) is 11.7 Å². The summed E-state index contributed by atoms with van der Waals surface area (Å²) in [5.74, 6) is -0.497. The molecule has 5 heteroatoms. The zero-order chi connectivity index (χ0) is 12.4. The van der Waals surface area contributed by atoms with E-state index in [2.05, 4.69) is 15.9 Å². The van der Waals surface area contributed by atoms with E-state index in [0.29, 0.717) is 36.0 Å². The summed E-state index contributed by atoms with van der Waals surface area (Å²) in [6.07, 6.45) is 0.782. The van der Waals surface area contributed by atoms with Crippen molar-refractivity contribution in [2.24, 2.45) is 0 Å². The third kappa shape index (κ3) is 2.91. The lowest BCUT2D eigenvalue weighted by molar-refractivity contribution is -0.120.